The highest BCUT2D eigenvalue weighted by atomic mass is 79.9. The number of carbonyl (C=O) groups excluding carboxylic acids is 1. The number of anilines is 2. The number of carbonyl (C=O) groups is 1. The molecule has 0 fully saturated rings. The van der Waals surface area contributed by atoms with Gasteiger partial charge in [-0.15, -0.1) is 0 Å². The third-order valence-electron chi connectivity index (χ3n) is 2.77. The van der Waals surface area contributed by atoms with Crippen LogP contribution in [0, 0.1) is 18.6 Å². The van der Waals surface area contributed by atoms with Crippen LogP contribution in [-0.2, 0) is 0 Å². The van der Waals surface area contributed by atoms with Gasteiger partial charge in [0.15, 0.2) is 0 Å². The van der Waals surface area contributed by atoms with Gasteiger partial charge in [0, 0.05) is 16.1 Å². The maximum atomic E-state index is 13.6. The van der Waals surface area contributed by atoms with Crippen molar-refractivity contribution in [3.63, 3.8) is 0 Å². The standard InChI is InChI=1S/C14H11BrF2N2O/c1-7-4-8(15)2-3-9(7)14(20)19-13-6-12(18)10(16)5-11(13)17/h2-6H,18H2,1H3,(H,19,20). The third kappa shape index (κ3) is 2.96. The Kier molecular flexibility index (Phi) is 4.04. The first kappa shape index (κ1) is 14.5. The lowest BCUT2D eigenvalue weighted by Crippen LogP contribution is -2.15. The fraction of sp³-hybridized carbons (Fsp3) is 0.0714. The van der Waals surface area contributed by atoms with Gasteiger partial charge in [-0.05, 0) is 36.8 Å². The molecule has 20 heavy (non-hydrogen) atoms. The van der Waals surface area contributed by atoms with Crippen LogP contribution in [0.2, 0.25) is 0 Å². The van der Waals surface area contributed by atoms with E-state index in [-0.39, 0.29) is 11.4 Å². The molecule has 0 radical (unpaired) electrons. The maximum Gasteiger partial charge on any atom is 0.256 e. The molecule has 0 saturated carbocycles. The summed E-state index contributed by atoms with van der Waals surface area (Å²) in [4.78, 5) is 12.1. The number of nitrogens with one attached hydrogen (secondary N) is 1. The summed E-state index contributed by atoms with van der Waals surface area (Å²) in [5, 5.41) is 2.38. The van der Waals surface area contributed by atoms with E-state index in [1.807, 2.05) is 0 Å². The molecule has 0 unspecified atom stereocenters. The molecule has 0 heterocycles. The molecule has 2 aromatic rings. The number of benzene rings is 2. The van der Waals surface area contributed by atoms with Crippen molar-refractivity contribution in [2.45, 2.75) is 6.92 Å². The van der Waals surface area contributed by atoms with Crippen molar-refractivity contribution in [3.8, 4) is 0 Å². The van der Waals surface area contributed by atoms with Crippen molar-refractivity contribution < 1.29 is 13.6 Å². The van der Waals surface area contributed by atoms with Crippen LogP contribution in [0.15, 0.2) is 34.8 Å². The van der Waals surface area contributed by atoms with Crippen LogP contribution >= 0.6 is 15.9 Å². The fourth-order valence-electron chi connectivity index (χ4n) is 1.73. The SMILES string of the molecule is Cc1cc(Br)ccc1C(=O)Nc1cc(N)c(F)cc1F. The second-order valence-corrected chi connectivity index (χ2v) is 5.18. The molecule has 3 N–H and O–H groups in total. The lowest BCUT2D eigenvalue weighted by molar-refractivity contribution is 0.102. The number of hydrogen-bond donors (Lipinski definition) is 2. The van der Waals surface area contributed by atoms with Crippen molar-refractivity contribution in [2.75, 3.05) is 11.1 Å². The van der Waals surface area contributed by atoms with Crippen LogP contribution in [0.5, 0.6) is 0 Å². The number of amides is 1. The lowest BCUT2D eigenvalue weighted by Gasteiger charge is -2.10. The second kappa shape index (κ2) is 5.58. The van der Waals surface area contributed by atoms with E-state index in [1.54, 1.807) is 25.1 Å². The largest absolute Gasteiger partial charge is 0.396 e. The Morgan fingerprint density at radius 2 is 1.90 bits per heavy atom. The van der Waals surface area contributed by atoms with Crippen LogP contribution in [0.4, 0.5) is 20.2 Å². The molecule has 0 aliphatic rings. The number of nitrogens with two attached hydrogens (primary N) is 1. The van der Waals surface area contributed by atoms with E-state index in [0.717, 1.165) is 16.1 Å². The molecule has 0 bridgehead atoms. The lowest BCUT2D eigenvalue weighted by atomic mass is 10.1. The third-order valence-corrected chi connectivity index (χ3v) is 3.26. The van der Waals surface area contributed by atoms with Crippen LogP contribution in [0.3, 0.4) is 0 Å². The smallest absolute Gasteiger partial charge is 0.256 e. The number of halogens is 3. The Bertz CT molecular complexity index is 689. The minimum absolute atomic E-state index is 0.156. The molecule has 0 aliphatic carbocycles. The Labute approximate surface area is 122 Å². The normalized spacial score (nSPS) is 10.4. The van der Waals surface area contributed by atoms with Gasteiger partial charge in [0.2, 0.25) is 0 Å². The first-order chi connectivity index (χ1) is 9.38. The van der Waals surface area contributed by atoms with E-state index in [4.69, 9.17) is 5.73 Å². The van der Waals surface area contributed by atoms with Crippen LogP contribution in [-0.4, -0.2) is 5.91 Å². The molecular weight excluding hydrogens is 330 g/mol. The Hall–Kier alpha value is -1.95. The topological polar surface area (TPSA) is 55.1 Å². The average Bonchev–Trinajstić information content (AvgIpc) is 2.35. The predicted molar refractivity (Wildman–Crippen MR) is 77.6 cm³/mol. The zero-order valence-electron chi connectivity index (χ0n) is 10.5. The molecule has 1 amide bonds. The minimum atomic E-state index is -0.875. The van der Waals surface area contributed by atoms with Crippen molar-refractivity contribution in [3.05, 3.63) is 57.6 Å². The van der Waals surface area contributed by atoms with E-state index in [0.29, 0.717) is 11.6 Å². The molecule has 0 spiro atoms. The number of nitrogen functional groups attached to an aromatic ring is 1. The first-order valence-electron chi connectivity index (χ1n) is 5.70. The zero-order chi connectivity index (χ0) is 14.9. The summed E-state index contributed by atoms with van der Waals surface area (Å²) in [6.07, 6.45) is 0. The van der Waals surface area contributed by atoms with Crippen molar-refractivity contribution in [1.29, 1.82) is 0 Å². The van der Waals surface area contributed by atoms with Gasteiger partial charge in [-0.1, -0.05) is 15.9 Å². The Balaban J connectivity index is 2.30. The fourth-order valence-corrected chi connectivity index (χ4v) is 2.21. The molecular formula is C14H11BrF2N2O. The Morgan fingerprint density at radius 1 is 1.20 bits per heavy atom. The zero-order valence-corrected chi connectivity index (χ0v) is 12.1. The molecule has 2 aromatic carbocycles. The van der Waals surface area contributed by atoms with E-state index in [1.165, 1.54) is 0 Å². The van der Waals surface area contributed by atoms with Crippen molar-refractivity contribution >= 4 is 33.2 Å². The number of rotatable bonds is 2. The summed E-state index contributed by atoms with van der Waals surface area (Å²) >= 11 is 3.29. The number of aryl methyl sites for hydroxylation is 1. The molecule has 3 nitrogen and oxygen atoms in total. The predicted octanol–water partition coefficient (Wildman–Crippen LogP) is 3.87. The number of hydrogen-bond acceptors (Lipinski definition) is 2. The second-order valence-electron chi connectivity index (χ2n) is 4.27. The molecule has 0 aromatic heterocycles. The van der Waals surface area contributed by atoms with E-state index in [9.17, 15) is 13.6 Å². The van der Waals surface area contributed by atoms with Crippen LogP contribution < -0.4 is 11.1 Å². The van der Waals surface area contributed by atoms with E-state index < -0.39 is 17.5 Å². The molecule has 6 heteroatoms. The molecule has 0 saturated heterocycles. The van der Waals surface area contributed by atoms with Gasteiger partial charge in [-0.3, -0.25) is 4.79 Å². The quantitative estimate of drug-likeness (QED) is 0.815. The summed E-state index contributed by atoms with van der Waals surface area (Å²) in [7, 11) is 0. The van der Waals surface area contributed by atoms with Gasteiger partial charge in [0.1, 0.15) is 11.6 Å². The molecule has 0 aliphatic heterocycles. The van der Waals surface area contributed by atoms with Crippen molar-refractivity contribution in [1.82, 2.24) is 0 Å². The van der Waals surface area contributed by atoms with Crippen LogP contribution in [0.25, 0.3) is 0 Å². The summed E-state index contributed by atoms with van der Waals surface area (Å²) in [6.45, 7) is 1.76. The molecule has 0 atom stereocenters. The maximum absolute atomic E-state index is 13.6. The summed E-state index contributed by atoms with van der Waals surface area (Å²) in [5.74, 6) is -2.22. The highest BCUT2D eigenvalue weighted by Gasteiger charge is 2.14. The van der Waals surface area contributed by atoms with Gasteiger partial charge in [-0.2, -0.15) is 0 Å². The van der Waals surface area contributed by atoms with Crippen molar-refractivity contribution in [2.24, 2.45) is 0 Å². The van der Waals surface area contributed by atoms with Gasteiger partial charge < -0.3 is 11.1 Å². The van der Waals surface area contributed by atoms with E-state index in [2.05, 4.69) is 21.2 Å². The monoisotopic (exact) mass is 340 g/mol. The summed E-state index contributed by atoms with van der Waals surface area (Å²) < 4.78 is 27.4. The molecule has 2 rings (SSSR count). The van der Waals surface area contributed by atoms with E-state index >= 15 is 0 Å². The highest BCUT2D eigenvalue weighted by molar-refractivity contribution is 9.10. The summed E-state index contributed by atoms with van der Waals surface area (Å²) in [6, 6.07) is 6.78. The average molecular weight is 341 g/mol. The highest BCUT2D eigenvalue weighted by Crippen LogP contribution is 2.23. The van der Waals surface area contributed by atoms with Gasteiger partial charge in [-0.25, -0.2) is 8.78 Å². The molecule has 104 valence electrons. The summed E-state index contributed by atoms with van der Waals surface area (Å²) in [5.41, 5.74) is 6.10. The minimum Gasteiger partial charge on any atom is -0.396 e. The van der Waals surface area contributed by atoms with Gasteiger partial charge in [0.05, 0.1) is 11.4 Å². The van der Waals surface area contributed by atoms with Gasteiger partial charge >= 0.3 is 0 Å². The first-order valence-corrected chi connectivity index (χ1v) is 6.50. The Morgan fingerprint density at radius 3 is 2.55 bits per heavy atom. The van der Waals surface area contributed by atoms with Crippen LogP contribution in [0.1, 0.15) is 15.9 Å². The van der Waals surface area contributed by atoms with Gasteiger partial charge in [0.25, 0.3) is 5.91 Å².